The van der Waals surface area contributed by atoms with Gasteiger partial charge in [0.15, 0.2) is 17.8 Å². The number of nitrogens with zero attached hydrogens (tertiary/aromatic N) is 1. The van der Waals surface area contributed by atoms with Crippen molar-refractivity contribution in [3.05, 3.63) is 17.7 Å². The van der Waals surface area contributed by atoms with Crippen molar-refractivity contribution < 1.29 is 28.8 Å². The van der Waals surface area contributed by atoms with E-state index in [0.29, 0.717) is 56.6 Å². The highest BCUT2D eigenvalue weighted by Crippen LogP contribution is 2.37. The molecule has 2 atom stereocenters. The maximum Gasteiger partial charge on any atom is 0.255 e. The first-order chi connectivity index (χ1) is 16.6. The van der Waals surface area contributed by atoms with E-state index in [1.165, 1.54) is 0 Å². The van der Waals surface area contributed by atoms with Gasteiger partial charge in [-0.1, -0.05) is 13.3 Å². The second-order valence-electron chi connectivity index (χ2n) is 9.27. The monoisotopic (exact) mass is 477 g/mol. The van der Waals surface area contributed by atoms with Crippen LogP contribution in [0, 0.1) is 5.92 Å². The lowest BCUT2D eigenvalue weighted by molar-refractivity contribution is -0.0576. The first-order valence-corrected chi connectivity index (χ1v) is 12.7. The average molecular weight is 478 g/mol. The molecule has 1 aromatic carbocycles. The van der Waals surface area contributed by atoms with Gasteiger partial charge in [-0.2, -0.15) is 0 Å². The van der Waals surface area contributed by atoms with Gasteiger partial charge in [-0.15, -0.1) is 0 Å². The Balaban J connectivity index is 1.32. The van der Waals surface area contributed by atoms with Gasteiger partial charge in [-0.25, -0.2) is 0 Å². The number of anilines is 1. The van der Waals surface area contributed by atoms with Gasteiger partial charge >= 0.3 is 0 Å². The molecule has 3 aliphatic rings. The molecular weight excluding hydrogens is 438 g/mol. The third-order valence-corrected chi connectivity index (χ3v) is 6.65. The van der Waals surface area contributed by atoms with Gasteiger partial charge in [0.1, 0.15) is 0 Å². The van der Waals surface area contributed by atoms with Gasteiger partial charge in [0.25, 0.3) is 5.91 Å². The highest BCUT2D eigenvalue weighted by atomic mass is 16.7. The molecule has 1 amide bonds. The van der Waals surface area contributed by atoms with Gasteiger partial charge in [0, 0.05) is 56.7 Å². The number of piperidine rings is 1. The van der Waals surface area contributed by atoms with E-state index in [-0.39, 0.29) is 18.1 Å². The number of rotatable bonds is 10. The largest absolute Gasteiger partial charge is 0.489 e. The summed E-state index contributed by atoms with van der Waals surface area (Å²) in [7, 11) is 0. The van der Waals surface area contributed by atoms with Gasteiger partial charge in [-0.3, -0.25) is 4.79 Å². The molecule has 2 saturated heterocycles. The Morgan fingerprint density at radius 1 is 1.18 bits per heavy atom. The zero-order chi connectivity index (χ0) is 23.8. The second kappa shape index (κ2) is 12.6. The van der Waals surface area contributed by atoms with Crippen LogP contribution in [0.5, 0.6) is 11.5 Å². The Morgan fingerprint density at radius 2 is 2.00 bits per heavy atom. The van der Waals surface area contributed by atoms with E-state index in [4.69, 9.17) is 18.9 Å². The van der Waals surface area contributed by atoms with Crippen LogP contribution in [-0.2, 0) is 9.47 Å². The predicted octanol–water partition coefficient (Wildman–Crippen LogP) is 2.24. The number of nitrogens with one attached hydrogen (secondary N) is 2. The number of aliphatic hydroxyl groups excluding tert-OH is 1. The molecule has 0 aromatic heterocycles. The Bertz CT molecular complexity index is 801. The average Bonchev–Trinajstić information content (AvgIpc) is 3.25. The second-order valence-corrected chi connectivity index (χ2v) is 9.27. The molecule has 3 heterocycles. The first kappa shape index (κ1) is 25.0. The summed E-state index contributed by atoms with van der Waals surface area (Å²) in [6.45, 7) is 8.12. The first-order valence-electron chi connectivity index (χ1n) is 12.7. The number of benzene rings is 1. The number of β-amino-alcohol motifs (C(OH)–C–C–N with tert-alkyl or cyclic N) is 1. The number of amides is 1. The van der Waals surface area contributed by atoms with Crippen molar-refractivity contribution >= 4 is 11.6 Å². The van der Waals surface area contributed by atoms with E-state index < -0.39 is 6.10 Å². The molecule has 190 valence electrons. The van der Waals surface area contributed by atoms with Gasteiger partial charge in [-0.05, 0) is 25.5 Å². The summed E-state index contributed by atoms with van der Waals surface area (Å²) in [5, 5.41) is 17.1. The third-order valence-electron chi connectivity index (χ3n) is 6.65. The van der Waals surface area contributed by atoms with E-state index in [9.17, 15) is 9.90 Å². The molecule has 0 radical (unpaired) electrons. The zero-order valence-corrected chi connectivity index (χ0v) is 20.2. The SMILES string of the molecule is CCCCNc1cc2c(c(C(=O)NC[C@@H]3CCN(CCC4OCCO4)CC3O)c1)OCCCO2. The maximum absolute atomic E-state index is 13.2. The molecule has 4 rings (SSSR count). The lowest BCUT2D eigenvalue weighted by atomic mass is 9.93. The standard InChI is InChI=1S/C25H39N3O6/c1-2-3-7-26-19-14-20(24-22(15-19)31-10-4-11-34-24)25(30)27-16-18-5-8-28(17-21(18)29)9-6-23-32-12-13-33-23/h14-15,18,21,23,26,29H,2-13,16-17H2,1H3,(H,27,30)/t18-,21?/m0/s1. The molecule has 1 aromatic rings. The van der Waals surface area contributed by atoms with E-state index in [2.05, 4.69) is 22.5 Å². The number of likely N-dealkylation sites (tertiary alicyclic amines) is 1. The number of unbranched alkanes of at least 4 members (excludes halogenated alkanes) is 1. The van der Waals surface area contributed by atoms with Crippen molar-refractivity contribution in [2.24, 2.45) is 5.92 Å². The van der Waals surface area contributed by atoms with Gasteiger partial charge < -0.3 is 39.6 Å². The molecule has 2 fully saturated rings. The Labute approximate surface area is 202 Å². The number of ether oxygens (including phenoxy) is 4. The Morgan fingerprint density at radius 3 is 2.79 bits per heavy atom. The molecule has 3 aliphatic heterocycles. The maximum atomic E-state index is 13.2. The summed E-state index contributed by atoms with van der Waals surface area (Å²) in [5.41, 5.74) is 1.33. The lowest BCUT2D eigenvalue weighted by Crippen LogP contribution is -2.48. The molecule has 3 N–H and O–H groups in total. The predicted molar refractivity (Wildman–Crippen MR) is 129 cm³/mol. The quantitative estimate of drug-likeness (QED) is 0.441. The van der Waals surface area contributed by atoms with Crippen LogP contribution in [0.25, 0.3) is 0 Å². The van der Waals surface area contributed by atoms with E-state index in [1.54, 1.807) is 0 Å². The van der Waals surface area contributed by atoms with Crippen molar-refractivity contribution in [2.75, 3.05) is 64.5 Å². The Kier molecular flexibility index (Phi) is 9.26. The van der Waals surface area contributed by atoms with E-state index >= 15 is 0 Å². The summed E-state index contributed by atoms with van der Waals surface area (Å²) in [4.78, 5) is 15.4. The summed E-state index contributed by atoms with van der Waals surface area (Å²) < 4.78 is 22.7. The van der Waals surface area contributed by atoms with Gasteiger partial charge in [0.05, 0.1) is 38.1 Å². The van der Waals surface area contributed by atoms with Crippen LogP contribution < -0.4 is 20.1 Å². The van der Waals surface area contributed by atoms with Crippen LogP contribution in [0.4, 0.5) is 5.69 Å². The molecule has 34 heavy (non-hydrogen) atoms. The summed E-state index contributed by atoms with van der Waals surface area (Å²) >= 11 is 0. The topological polar surface area (TPSA) is 102 Å². The van der Waals surface area contributed by atoms with Crippen molar-refractivity contribution in [1.82, 2.24) is 10.2 Å². The number of carbonyl (C=O) groups excluding carboxylic acids is 1. The minimum absolute atomic E-state index is 0.0146. The normalized spacial score (nSPS) is 23.5. The van der Waals surface area contributed by atoms with Crippen LogP contribution in [0.15, 0.2) is 12.1 Å². The van der Waals surface area contributed by atoms with E-state index in [0.717, 1.165) is 57.4 Å². The molecule has 0 saturated carbocycles. The van der Waals surface area contributed by atoms with Crippen LogP contribution in [-0.4, -0.2) is 87.5 Å². The van der Waals surface area contributed by atoms with Crippen molar-refractivity contribution in [3.8, 4) is 11.5 Å². The number of aliphatic hydroxyl groups is 1. The molecule has 1 unspecified atom stereocenters. The van der Waals surface area contributed by atoms with Gasteiger partial charge in [0.2, 0.25) is 0 Å². The van der Waals surface area contributed by atoms with E-state index in [1.807, 2.05) is 12.1 Å². The van der Waals surface area contributed by atoms with Crippen LogP contribution in [0.2, 0.25) is 0 Å². The molecule has 0 bridgehead atoms. The summed E-state index contributed by atoms with van der Waals surface area (Å²) in [5.74, 6) is 0.919. The van der Waals surface area contributed by atoms with Crippen molar-refractivity contribution in [3.63, 3.8) is 0 Å². The third kappa shape index (κ3) is 6.75. The summed E-state index contributed by atoms with van der Waals surface area (Å²) in [6, 6.07) is 3.75. The zero-order valence-electron chi connectivity index (χ0n) is 20.2. The van der Waals surface area contributed by atoms with Crippen molar-refractivity contribution in [1.29, 1.82) is 0 Å². The number of fused-ring (bicyclic) bond motifs is 1. The molecule has 9 nitrogen and oxygen atoms in total. The smallest absolute Gasteiger partial charge is 0.255 e. The Hall–Kier alpha value is -2.07. The fourth-order valence-corrected chi connectivity index (χ4v) is 4.62. The van der Waals surface area contributed by atoms with Crippen LogP contribution in [0.3, 0.4) is 0 Å². The molecule has 9 heteroatoms. The molecule has 0 aliphatic carbocycles. The number of hydrogen-bond acceptors (Lipinski definition) is 8. The van der Waals surface area contributed by atoms with Crippen molar-refractivity contribution in [2.45, 2.75) is 51.4 Å². The minimum Gasteiger partial charge on any atom is -0.489 e. The minimum atomic E-state index is -0.488. The fraction of sp³-hybridized carbons (Fsp3) is 0.720. The number of hydrogen-bond donors (Lipinski definition) is 3. The molecular formula is C25H39N3O6. The highest BCUT2D eigenvalue weighted by Gasteiger charge is 2.29. The number of carbonyl (C=O) groups is 1. The van der Waals surface area contributed by atoms with Crippen LogP contribution in [0.1, 0.15) is 49.4 Å². The molecule has 0 spiro atoms. The fourth-order valence-electron chi connectivity index (χ4n) is 4.62. The van der Waals surface area contributed by atoms with Crippen LogP contribution >= 0.6 is 0 Å². The lowest BCUT2D eigenvalue weighted by Gasteiger charge is -2.36. The highest BCUT2D eigenvalue weighted by molar-refractivity contribution is 5.99. The summed E-state index contributed by atoms with van der Waals surface area (Å²) in [6.07, 6.45) is 3.94.